The van der Waals surface area contributed by atoms with Crippen LogP contribution in [0.1, 0.15) is 11.4 Å². The number of fused-ring (bicyclic) bond motifs is 6. The van der Waals surface area contributed by atoms with E-state index >= 15 is 0 Å². The Morgan fingerprint density at radius 2 is 0.404 bits per heavy atom. The van der Waals surface area contributed by atoms with Gasteiger partial charge < -0.3 is 0 Å². The minimum atomic E-state index is 0.622. The predicted octanol–water partition coefficient (Wildman–Crippen LogP) is 26.5. The first kappa shape index (κ1) is 69.3. The van der Waals surface area contributed by atoms with E-state index in [1.54, 1.807) is 0 Å². The van der Waals surface area contributed by atoms with Gasteiger partial charge in [-0.05, 0) is 123 Å². The van der Waals surface area contributed by atoms with Gasteiger partial charge in [0.15, 0.2) is 23.3 Å². The fourth-order valence-electron chi connectivity index (χ4n) is 15.0. The zero-order valence-electron chi connectivity index (χ0n) is 62.6. The Bertz CT molecular complexity index is 6490. The minimum Gasteiger partial charge on any atom is -0.251 e. The summed E-state index contributed by atoms with van der Waals surface area (Å²) in [5, 5.41) is 4.31. The maximum Gasteiger partial charge on any atom is 0.164 e. The van der Waals surface area contributed by atoms with Gasteiger partial charge in [-0.15, -0.1) is 0 Å². The maximum absolute atomic E-state index is 5.20. The molecule has 9 nitrogen and oxygen atoms in total. The van der Waals surface area contributed by atoms with Gasteiger partial charge in [0, 0.05) is 77.4 Å². The van der Waals surface area contributed by atoms with Gasteiger partial charge in [-0.1, -0.05) is 352 Å². The Labute approximate surface area is 661 Å². The summed E-state index contributed by atoms with van der Waals surface area (Å²) < 4.78 is 0. The number of hydrogen-bond donors (Lipinski definition) is 0. The van der Waals surface area contributed by atoms with E-state index in [1.807, 2.05) is 86.6 Å². The number of hydrogen-bond acceptors (Lipinski definition) is 9. The molecule has 20 rings (SSSR count). The molecule has 0 fully saturated rings. The van der Waals surface area contributed by atoms with Crippen molar-refractivity contribution < 1.29 is 0 Å². The molecule has 536 valence electrons. The molecule has 0 spiro atoms. The third-order valence-electron chi connectivity index (χ3n) is 21.0. The van der Waals surface area contributed by atoms with Gasteiger partial charge in [-0.3, -0.25) is 9.97 Å². The molecule has 6 heterocycles. The molecule has 114 heavy (non-hydrogen) atoms. The van der Waals surface area contributed by atoms with Crippen LogP contribution in [0.5, 0.6) is 0 Å². The van der Waals surface area contributed by atoms with E-state index in [4.69, 9.17) is 44.9 Å². The van der Waals surface area contributed by atoms with Gasteiger partial charge in [-0.2, -0.15) is 0 Å². The fourth-order valence-corrected chi connectivity index (χ4v) is 15.0. The van der Waals surface area contributed by atoms with Crippen molar-refractivity contribution in [1.29, 1.82) is 0 Å². The second-order valence-electron chi connectivity index (χ2n) is 28.5. The third-order valence-corrected chi connectivity index (χ3v) is 21.0. The van der Waals surface area contributed by atoms with Crippen molar-refractivity contribution in [1.82, 2.24) is 44.9 Å². The van der Waals surface area contributed by atoms with Gasteiger partial charge >= 0.3 is 0 Å². The molecule has 0 saturated carbocycles. The van der Waals surface area contributed by atoms with E-state index < -0.39 is 0 Å². The Hall–Kier alpha value is -15.2. The van der Waals surface area contributed by atoms with Crippen molar-refractivity contribution in [2.45, 2.75) is 13.8 Å². The topological polar surface area (TPSA) is 116 Å². The zero-order chi connectivity index (χ0) is 76.3. The number of aromatic nitrogens is 9. The molecule has 0 N–H and O–H groups in total. The second-order valence-corrected chi connectivity index (χ2v) is 28.5. The SMILES string of the molecule is Cc1ccc2ccc3c(-c4ccc(-c5cccc(-c6nc(-c7ccccc7)cc(-c7ccc(-c8ccccc8)cc7)n6)c5)cc4)cc(-c4ccccc4)nc3c2n1.Cc1ccc2ccc3c(-c4ccc(-c5cccc(-c6nc(-c7ccccc7)nc(-c7ccc(-c8ccccc8)cc7)n6)c5)cc4)cc(-c4ccccc4)nc3c2n1. The van der Waals surface area contributed by atoms with Gasteiger partial charge in [0.25, 0.3) is 0 Å². The number of rotatable bonds is 14. The van der Waals surface area contributed by atoms with Crippen molar-refractivity contribution in [2.75, 3.05) is 0 Å². The van der Waals surface area contributed by atoms with Gasteiger partial charge in [0.2, 0.25) is 0 Å². The van der Waals surface area contributed by atoms with Crippen LogP contribution in [0.4, 0.5) is 0 Å². The fraction of sp³-hybridized carbons (Fsp3) is 0.0190. The molecule has 0 bridgehead atoms. The quantitative estimate of drug-likeness (QED) is 0.0981. The number of pyridine rings is 4. The third kappa shape index (κ3) is 14.4. The summed E-state index contributed by atoms with van der Waals surface area (Å²) in [5.74, 6) is 2.57. The van der Waals surface area contributed by atoms with Crippen molar-refractivity contribution in [3.8, 4) is 157 Å². The van der Waals surface area contributed by atoms with Crippen molar-refractivity contribution in [2.24, 2.45) is 0 Å². The highest BCUT2D eigenvalue weighted by molar-refractivity contribution is 6.11. The van der Waals surface area contributed by atoms with Crippen LogP contribution in [0, 0.1) is 13.8 Å². The van der Waals surface area contributed by atoms with E-state index in [2.05, 4.69) is 322 Å². The first-order valence-electron chi connectivity index (χ1n) is 38.3. The smallest absolute Gasteiger partial charge is 0.164 e. The average Bonchev–Trinajstić information content (AvgIpc) is 0.762. The summed E-state index contributed by atoms with van der Waals surface area (Å²) in [5.41, 5.74) is 30.7. The summed E-state index contributed by atoms with van der Waals surface area (Å²) in [6, 6.07) is 137. The molecule has 0 aliphatic heterocycles. The van der Waals surface area contributed by atoms with Gasteiger partial charge in [0.05, 0.1) is 44.8 Å². The molecule has 9 heteroatoms. The summed E-state index contributed by atoms with van der Waals surface area (Å²) >= 11 is 0. The van der Waals surface area contributed by atoms with Gasteiger partial charge in [0.1, 0.15) is 0 Å². The van der Waals surface area contributed by atoms with E-state index in [9.17, 15) is 0 Å². The molecule has 0 atom stereocenters. The second kappa shape index (κ2) is 30.7. The number of aryl methyl sites for hydroxylation is 2. The van der Waals surface area contributed by atoms with Crippen LogP contribution in [0.3, 0.4) is 0 Å². The number of nitrogens with zero attached hydrogens (tertiary/aromatic N) is 9. The number of benzene rings is 14. The van der Waals surface area contributed by atoms with Crippen LogP contribution < -0.4 is 0 Å². The molecular weight excluding hydrogens is 1390 g/mol. The van der Waals surface area contributed by atoms with Crippen molar-refractivity contribution in [3.05, 3.63) is 406 Å². The average molecular weight is 1460 g/mol. The lowest BCUT2D eigenvalue weighted by molar-refractivity contribution is 1.07. The standard InChI is InChI=1S/C53H36N4.C52H35N5/c1-35-20-21-43-30-31-46-47(33-48(40-14-7-3-8-15-40)55-52(46)51(43)54-35)39-26-22-38(23-27-39)44-18-11-19-45(32-44)53-56-49(41-16-9-4-10-17-41)34-50(57-53)42-28-24-37(25-29-42)36-12-5-2-6-13-36;1-34-20-21-40-30-31-45-46(33-47(39-14-7-3-8-15-39)54-49(45)48(40)53-34)38-26-22-37(23-27-38)43-18-11-19-44(32-43)52-56-50(41-16-9-4-10-17-41)55-51(57-52)42-28-24-36(25-29-42)35-12-5-2-6-13-35/h2-34H,1H3;2-33H,1H3. The van der Waals surface area contributed by atoms with Crippen LogP contribution in [-0.4, -0.2) is 44.9 Å². The molecule has 0 amide bonds. The van der Waals surface area contributed by atoms with E-state index in [-0.39, 0.29) is 0 Å². The monoisotopic (exact) mass is 1460 g/mol. The predicted molar refractivity (Wildman–Crippen MR) is 469 cm³/mol. The Balaban J connectivity index is 0.000000153. The molecule has 14 aromatic carbocycles. The molecule has 0 aliphatic carbocycles. The van der Waals surface area contributed by atoms with Gasteiger partial charge in [-0.25, -0.2) is 34.9 Å². The van der Waals surface area contributed by atoms with E-state index in [0.717, 1.165) is 172 Å². The maximum atomic E-state index is 5.20. The minimum absolute atomic E-state index is 0.622. The largest absolute Gasteiger partial charge is 0.251 e. The first-order chi connectivity index (χ1) is 56.2. The van der Waals surface area contributed by atoms with Crippen LogP contribution >= 0.6 is 0 Å². The highest BCUT2D eigenvalue weighted by Gasteiger charge is 2.20. The molecular formula is C105H71N9. The van der Waals surface area contributed by atoms with Crippen LogP contribution in [0.15, 0.2) is 394 Å². The molecule has 0 unspecified atom stereocenters. The summed E-state index contributed by atoms with van der Waals surface area (Å²) in [6.07, 6.45) is 0. The lowest BCUT2D eigenvalue weighted by Crippen LogP contribution is -2.00. The Morgan fingerprint density at radius 3 is 0.789 bits per heavy atom. The van der Waals surface area contributed by atoms with Crippen molar-refractivity contribution in [3.63, 3.8) is 0 Å². The van der Waals surface area contributed by atoms with Crippen LogP contribution in [0.2, 0.25) is 0 Å². The lowest BCUT2D eigenvalue weighted by Gasteiger charge is -2.13. The highest BCUT2D eigenvalue weighted by atomic mass is 15.0. The van der Waals surface area contributed by atoms with E-state index in [1.165, 1.54) is 16.7 Å². The molecule has 0 radical (unpaired) electrons. The van der Waals surface area contributed by atoms with Crippen LogP contribution in [-0.2, 0) is 0 Å². The summed E-state index contributed by atoms with van der Waals surface area (Å²) in [4.78, 5) is 45.6. The van der Waals surface area contributed by atoms with E-state index in [0.29, 0.717) is 23.3 Å². The first-order valence-corrected chi connectivity index (χ1v) is 38.3. The molecule has 0 aliphatic rings. The summed E-state index contributed by atoms with van der Waals surface area (Å²) in [6.45, 7) is 4.06. The Kier molecular flexibility index (Phi) is 18.7. The van der Waals surface area contributed by atoms with Crippen LogP contribution in [0.25, 0.3) is 201 Å². The normalized spacial score (nSPS) is 11.2. The highest BCUT2D eigenvalue weighted by Crippen LogP contribution is 2.41. The molecule has 6 aromatic heterocycles. The lowest BCUT2D eigenvalue weighted by atomic mass is 9.95. The zero-order valence-corrected chi connectivity index (χ0v) is 62.6. The summed E-state index contributed by atoms with van der Waals surface area (Å²) in [7, 11) is 0. The molecule has 0 saturated heterocycles. The Morgan fingerprint density at radius 1 is 0.149 bits per heavy atom. The molecule has 20 aromatic rings. The van der Waals surface area contributed by atoms with Crippen molar-refractivity contribution >= 4 is 43.6 Å².